The molecule has 4 rings (SSSR count). The number of hydrogen-bond acceptors (Lipinski definition) is 4. The maximum Gasteiger partial charge on any atom is 0.122 e. The van der Waals surface area contributed by atoms with Gasteiger partial charge in [0.05, 0.1) is 0 Å². The smallest absolute Gasteiger partial charge is 0.122 e. The van der Waals surface area contributed by atoms with Gasteiger partial charge in [-0.25, -0.2) is 0 Å². The summed E-state index contributed by atoms with van der Waals surface area (Å²) in [5, 5.41) is 17.0. The van der Waals surface area contributed by atoms with Crippen LogP contribution in [0, 0.1) is 5.41 Å². The van der Waals surface area contributed by atoms with E-state index in [9.17, 15) is 5.11 Å². The molecule has 4 aromatic rings. The second-order valence-electron chi connectivity index (χ2n) is 8.33. The number of hydrogen-bond donors (Lipinski definition) is 3. The Labute approximate surface area is 206 Å². The van der Waals surface area contributed by atoms with Crippen LogP contribution < -0.4 is 15.2 Å². The lowest BCUT2D eigenvalue weighted by molar-refractivity contribution is 0.216. The summed E-state index contributed by atoms with van der Waals surface area (Å²) in [5.74, 6) is 1.99. The first-order chi connectivity index (χ1) is 17.0. The van der Waals surface area contributed by atoms with Gasteiger partial charge in [0.15, 0.2) is 0 Å². The quantitative estimate of drug-likeness (QED) is 0.143. The fraction of sp³-hybridized carbons (Fsp3) is 0.167. The highest BCUT2D eigenvalue weighted by Crippen LogP contribution is 2.28. The Kier molecular flexibility index (Phi) is 7.68. The van der Waals surface area contributed by atoms with Gasteiger partial charge >= 0.3 is 0 Å². The fourth-order valence-electron chi connectivity index (χ4n) is 3.92. The minimum atomic E-state index is 0.0717. The van der Waals surface area contributed by atoms with Gasteiger partial charge in [0.1, 0.15) is 36.3 Å². The Bertz CT molecular complexity index is 1260. The lowest BCUT2D eigenvalue weighted by atomic mass is 9.99. The molecule has 4 N–H and O–H groups in total. The normalized spacial score (nSPS) is 10.7. The number of aromatic hydroxyl groups is 1. The molecule has 178 valence electrons. The van der Waals surface area contributed by atoms with Gasteiger partial charge in [0.2, 0.25) is 0 Å². The highest BCUT2D eigenvalue weighted by molar-refractivity contribution is 5.95. The van der Waals surface area contributed by atoms with Crippen molar-refractivity contribution in [3.05, 3.63) is 102 Å². The minimum Gasteiger partial charge on any atom is -0.508 e. The van der Waals surface area contributed by atoms with Crippen molar-refractivity contribution in [2.24, 2.45) is 5.73 Å². The third kappa shape index (κ3) is 6.21. The van der Waals surface area contributed by atoms with Crippen LogP contribution >= 0.6 is 0 Å². The van der Waals surface area contributed by atoms with E-state index < -0.39 is 0 Å². The number of phenolic OH excluding ortho intramolecular Hbond substituents is 1. The van der Waals surface area contributed by atoms with Crippen molar-refractivity contribution in [2.75, 3.05) is 13.2 Å². The van der Waals surface area contributed by atoms with Gasteiger partial charge in [-0.15, -0.1) is 0 Å². The number of benzene rings is 4. The molecule has 5 nitrogen and oxygen atoms in total. The summed E-state index contributed by atoms with van der Waals surface area (Å²) in [6.07, 6.45) is 1.95. The molecular weight excluding hydrogens is 436 g/mol. The first kappa shape index (κ1) is 23.9. The standard InChI is InChI=1S/C30H30N2O3/c1-2-3-26-20-25(23-4-6-24(7-5-23)30(31)32)12-17-29(26)35-19-18-34-28-15-10-22(11-16-28)21-8-13-27(33)14-9-21/h4-17,20,33H,2-3,18-19H2,1H3,(H3,31,32). The molecule has 0 unspecified atom stereocenters. The number of nitrogens with two attached hydrogens (primary N) is 1. The zero-order valence-electron chi connectivity index (χ0n) is 19.8. The number of phenols is 1. The van der Waals surface area contributed by atoms with Gasteiger partial charge in [0.25, 0.3) is 0 Å². The van der Waals surface area contributed by atoms with Gasteiger partial charge < -0.3 is 20.3 Å². The monoisotopic (exact) mass is 466 g/mol. The van der Waals surface area contributed by atoms with Gasteiger partial charge in [-0.2, -0.15) is 0 Å². The zero-order valence-corrected chi connectivity index (χ0v) is 19.8. The van der Waals surface area contributed by atoms with Crippen LogP contribution in [0.15, 0.2) is 91.0 Å². The molecule has 0 aromatic heterocycles. The number of nitrogens with one attached hydrogen (secondary N) is 1. The minimum absolute atomic E-state index is 0.0717. The van der Waals surface area contributed by atoms with Gasteiger partial charge in [0, 0.05) is 5.56 Å². The Morgan fingerprint density at radius 2 is 1.29 bits per heavy atom. The second kappa shape index (κ2) is 11.3. The van der Waals surface area contributed by atoms with Gasteiger partial charge in [-0.05, 0) is 70.6 Å². The predicted octanol–water partition coefficient (Wildman–Crippen LogP) is 6.42. The van der Waals surface area contributed by atoms with Crippen molar-refractivity contribution in [3.63, 3.8) is 0 Å². The molecule has 0 aliphatic carbocycles. The van der Waals surface area contributed by atoms with Crippen LogP contribution in [0.3, 0.4) is 0 Å². The summed E-state index contributed by atoms with van der Waals surface area (Å²) in [5.41, 5.74) is 11.7. The number of aryl methyl sites for hydroxylation is 1. The van der Waals surface area contributed by atoms with E-state index in [0.717, 1.165) is 52.2 Å². The molecule has 0 heterocycles. The third-order valence-corrected chi connectivity index (χ3v) is 5.77. The molecular formula is C30H30N2O3. The summed E-state index contributed by atoms with van der Waals surface area (Å²) in [6.45, 7) is 3.05. The fourth-order valence-corrected chi connectivity index (χ4v) is 3.92. The van der Waals surface area contributed by atoms with Crippen LogP contribution in [0.4, 0.5) is 0 Å². The molecule has 5 heteroatoms. The molecule has 0 saturated carbocycles. The summed E-state index contributed by atoms with van der Waals surface area (Å²) in [4.78, 5) is 0. The topological polar surface area (TPSA) is 88.6 Å². The van der Waals surface area contributed by atoms with E-state index in [1.807, 2.05) is 66.7 Å². The molecule has 0 fully saturated rings. The number of ether oxygens (including phenoxy) is 2. The highest BCUT2D eigenvalue weighted by Gasteiger charge is 2.08. The van der Waals surface area contributed by atoms with Crippen LogP contribution in [0.25, 0.3) is 22.3 Å². The Morgan fingerprint density at radius 1 is 0.743 bits per heavy atom. The summed E-state index contributed by atoms with van der Waals surface area (Å²) >= 11 is 0. The highest BCUT2D eigenvalue weighted by atomic mass is 16.5. The second-order valence-corrected chi connectivity index (χ2v) is 8.33. The molecule has 4 aromatic carbocycles. The van der Waals surface area contributed by atoms with Gasteiger partial charge in [-0.3, -0.25) is 5.41 Å². The first-order valence-electron chi connectivity index (χ1n) is 11.8. The Hall–Kier alpha value is -4.25. The maximum atomic E-state index is 9.45. The van der Waals surface area contributed by atoms with Crippen LogP contribution in [-0.4, -0.2) is 24.2 Å². The molecule has 0 amide bonds. The van der Waals surface area contributed by atoms with E-state index in [2.05, 4.69) is 19.1 Å². The maximum absolute atomic E-state index is 9.45. The number of nitrogen functional groups attached to an aromatic ring is 1. The molecule has 0 saturated heterocycles. The SMILES string of the molecule is CCCc1cc(-c2ccc(C(=N)N)cc2)ccc1OCCOc1ccc(-c2ccc(O)cc2)cc1. The number of amidine groups is 1. The Balaban J connectivity index is 1.35. The van der Waals surface area contributed by atoms with Crippen molar-refractivity contribution >= 4 is 5.84 Å². The van der Waals surface area contributed by atoms with Crippen molar-refractivity contribution in [1.29, 1.82) is 5.41 Å². The zero-order chi connectivity index (χ0) is 24.6. The lowest BCUT2D eigenvalue weighted by Crippen LogP contribution is -2.10. The summed E-state index contributed by atoms with van der Waals surface area (Å²) < 4.78 is 11.9. The lowest BCUT2D eigenvalue weighted by Gasteiger charge is -2.14. The third-order valence-electron chi connectivity index (χ3n) is 5.77. The average Bonchev–Trinajstić information content (AvgIpc) is 2.88. The molecule has 0 bridgehead atoms. The van der Waals surface area contributed by atoms with E-state index in [-0.39, 0.29) is 11.6 Å². The van der Waals surface area contributed by atoms with E-state index in [4.69, 9.17) is 20.6 Å². The summed E-state index contributed by atoms with van der Waals surface area (Å²) in [7, 11) is 0. The van der Waals surface area contributed by atoms with Crippen LogP contribution in [0.1, 0.15) is 24.5 Å². The van der Waals surface area contributed by atoms with Crippen molar-refractivity contribution in [2.45, 2.75) is 19.8 Å². The largest absolute Gasteiger partial charge is 0.508 e. The molecule has 0 aliphatic heterocycles. The van der Waals surface area contributed by atoms with Gasteiger partial charge in [-0.1, -0.05) is 67.9 Å². The molecule has 0 radical (unpaired) electrons. The summed E-state index contributed by atoms with van der Waals surface area (Å²) in [6, 6.07) is 29.0. The molecule has 0 aliphatic rings. The predicted molar refractivity (Wildman–Crippen MR) is 141 cm³/mol. The van der Waals surface area contributed by atoms with E-state index in [0.29, 0.717) is 13.2 Å². The van der Waals surface area contributed by atoms with Crippen molar-refractivity contribution < 1.29 is 14.6 Å². The molecule has 0 spiro atoms. The van der Waals surface area contributed by atoms with Crippen LogP contribution in [0.2, 0.25) is 0 Å². The first-order valence-corrected chi connectivity index (χ1v) is 11.8. The van der Waals surface area contributed by atoms with E-state index in [1.165, 1.54) is 5.56 Å². The van der Waals surface area contributed by atoms with Crippen molar-refractivity contribution in [1.82, 2.24) is 0 Å². The van der Waals surface area contributed by atoms with E-state index >= 15 is 0 Å². The Morgan fingerprint density at radius 3 is 1.91 bits per heavy atom. The van der Waals surface area contributed by atoms with E-state index in [1.54, 1.807) is 12.1 Å². The van der Waals surface area contributed by atoms with Crippen LogP contribution in [0.5, 0.6) is 17.2 Å². The molecule has 35 heavy (non-hydrogen) atoms. The van der Waals surface area contributed by atoms with Crippen molar-refractivity contribution in [3.8, 4) is 39.5 Å². The van der Waals surface area contributed by atoms with Crippen LogP contribution in [-0.2, 0) is 6.42 Å². The average molecular weight is 467 g/mol. The number of rotatable bonds is 10. The molecule has 0 atom stereocenters.